The molecule has 0 spiro atoms. The van der Waals surface area contributed by atoms with Crippen LogP contribution in [0, 0.1) is 38.5 Å². The van der Waals surface area contributed by atoms with E-state index in [1.165, 1.54) is 56.9 Å². The SMILES string of the molecule is Cc1c(C)c2c(c(C)c1OCCCP(=O)(O)O)CC[C@@](C)(CCC[C@H](C)CCC[C@H](C)CCCC(C)C)O2. The predicted molar refractivity (Wildman–Crippen MR) is 160 cm³/mol. The first-order valence-corrected chi connectivity index (χ1v) is 17.0. The Bertz CT molecular complexity index is 921. The van der Waals surface area contributed by atoms with Crippen LogP contribution in [0.2, 0.25) is 0 Å². The topological polar surface area (TPSA) is 76.0 Å². The quantitative estimate of drug-likeness (QED) is 0.149. The third kappa shape index (κ3) is 10.9. The van der Waals surface area contributed by atoms with E-state index in [0.29, 0.717) is 13.0 Å². The van der Waals surface area contributed by atoms with Crippen molar-refractivity contribution in [1.82, 2.24) is 0 Å². The van der Waals surface area contributed by atoms with E-state index in [4.69, 9.17) is 19.3 Å². The van der Waals surface area contributed by atoms with Gasteiger partial charge in [0, 0.05) is 5.56 Å². The molecule has 2 N–H and O–H groups in total. The minimum atomic E-state index is -3.99. The molecule has 0 radical (unpaired) electrons. The molecule has 0 unspecified atom stereocenters. The molecular weight excluding hydrogens is 495 g/mol. The first-order valence-electron chi connectivity index (χ1n) is 15.2. The highest BCUT2D eigenvalue weighted by Gasteiger charge is 2.34. The molecule has 6 heteroatoms. The largest absolute Gasteiger partial charge is 0.493 e. The molecule has 1 aromatic carbocycles. The molecule has 2 rings (SSSR count). The van der Waals surface area contributed by atoms with Crippen LogP contribution in [0.25, 0.3) is 0 Å². The van der Waals surface area contributed by atoms with Crippen molar-refractivity contribution in [3.63, 3.8) is 0 Å². The van der Waals surface area contributed by atoms with E-state index < -0.39 is 7.60 Å². The van der Waals surface area contributed by atoms with Gasteiger partial charge in [0.25, 0.3) is 0 Å². The lowest BCUT2D eigenvalue weighted by molar-refractivity contribution is 0.0511. The van der Waals surface area contributed by atoms with E-state index in [1.807, 2.05) is 0 Å². The molecule has 0 saturated carbocycles. The van der Waals surface area contributed by atoms with E-state index in [9.17, 15) is 4.57 Å². The summed E-state index contributed by atoms with van der Waals surface area (Å²) in [7, 11) is -3.99. The third-order valence-corrected chi connectivity index (χ3v) is 9.58. The van der Waals surface area contributed by atoms with E-state index in [0.717, 1.165) is 65.2 Å². The predicted octanol–water partition coefficient (Wildman–Crippen LogP) is 9.08. The van der Waals surface area contributed by atoms with Gasteiger partial charge in [0.15, 0.2) is 0 Å². The van der Waals surface area contributed by atoms with Crippen molar-refractivity contribution in [3.05, 3.63) is 22.3 Å². The summed E-state index contributed by atoms with van der Waals surface area (Å²) in [5, 5.41) is 0. The van der Waals surface area contributed by atoms with Crippen LogP contribution in [0.1, 0.15) is 128 Å². The Kier molecular flexibility index (Phi) is 13.2. The maximum Gasteiger partial charge on any atom is 0.325 e. The molecule has 38 heavy (non-hydrogen) atoms. The Morgan fingerprint density at radius 1 is 0.868 bits per heavy atom. The van der Waals surface area contributed by atoms with Gasteiger partial charge in [0.1, 0.15) is 17.1 Å². The molecule has 5 nitrogen and oxygen atoms in total. The van der Waals surface area contributed by atoms with Crippen molar-refractivity contribution in [1.29, 1.82) is 0 Å². The third-order valence-electron chi connectivity index (χ3n) is 8.68. The molecule has 1 aliphatic heterocycles. The number of rotatable bonds is 17. The van der Waals surface area contributed by atoms with Crippen molar-refractivity contribution in [2.45, 2.75) is 138 Å². The van der Waals surface area contributed by atoms with Gasteiger partial charge < -0.3 is 19.3 Å². The van der Waals surface area contributed by atoms with Gasteiger partial charge in [-0.25, -0.2) is 0 Å². The van der Waals surface area contributed by atoms with Crippen LogP contribution in [-0.2, 0) is 11.0 Å². The second-order valence-corrected chi connectivity index (χ2v) is 14.8. The van der Waals surface area contributed by atoms with Crippen LogP contribution in [0.5, 0.6) is 11.5 Å². The second-order valence-electron chi connectivity index (χ2n) is 13.0. The Balaban J connectivity index is 1.83. The normalized spacial score (nSPS) is 19.2. The summed E-state index contributed by atoms with van der Waals surface area (Å²) in [6.07, 6.45) is 13.9. The van der Waals surface area contributed by atoms with Gasteiger partial charge in [-0.3, -0.25) is 4.57 Å². The summed E-state index contributed by atoms with van der Waals surface area (Å²) in [4.78, 5) is 18.2. The summed E-state index contributed by atoms with van der Waals surface area (Å²) in [5.41, 5.74) is 4.39. The molecule has 0 saturated heterocycles. The second kappa shape index (κ2) is 15.1. The summed E-state index contributed by atoms with van der Waals surface area (Å²) < 4.78 is 23.9. The van der Waals surface area contributed by atoms with Crippen LogP contribution in [0.15, 0.2) is 0 Å². The molecule has 220 valence electrons. The summed E-state index contributed by atoms with van der Waals surface area (Å²) >= 11 is 0. The van der Waals surface area contributed by atoms with Crippen molar-refractivity contribution >= 4 is 7.60 Å². The van der Waals surface area contributed by atoms with Gasteiger partial charge in [-0.2, -0.15) is 0 Å². The molecular formula is C32H57O5P. The Morgan fingerprint density at radius 2 is 1.45 bits per heavy atom. The number of benzene rings is 1. The smallest absolute Gasteiger partial charge is 0.325 e. The molecule has 0 amide bonds. The van der Waals surface area contributed by atoms with Crippen LogP contribution in [0.3, 0.4) is 0 Å². The fraction of sp³-hybridized carbons (Fsp3) is 0.812. The van der Waals surface area contributed by atoms with Gasteiger partial charge in [-0.05, 0) is 94.2 Å². The maximum absolute atomic E-state index is 11.1. The molecule has 0 bridgehead atoms. The maximum atomic E-state index is 11.1. The lowest BCUT2D eigenvalue weighted by Crippen LogP contribution is -2.37. The van der Waals surface area contributed by atoms with E-state index in [2.05, 4.69) is 55.4 Å². The molecule has 0 aliphatic carbocycles. The summed E-state index contributed by atoms with van der Waals surface area (Å²) in [6.45, 7) is 18.3. The van der Waals surface area contributed by atoms with E-state index in [-0.39, 0.29) is 11.8 Å². The van der Waals surface area contributed by atoms with Crippen molar-refractivity contribution in [3.8, 4) is 11.5 Å². The highest BCUT2D eigenvalue weighted by atomic mass is 31.2. The van der Waals surface area contributed by atoms with Crippen LogP contribution in [0.4, 0.5) is 0 Å². The highest BCUT2D eigenvalue weighted by molar-refractivity contribution is 7.51. The van der Waals surface area contributed by atoms with E-state index >= 15 is 0 Å². The number of ether oxygens (including phenoxy) is 2. The van der Waals surface area contributed by atoms with Crippen molar-refractivity contribution in [2.24, 2.45) is 17.8 Å². The molecule has 0 fully saturated rings. The zero-order valence-corrected chi connectivity index (χ0v) is 26.6. The molecule has 1 aromatic rings. The van der Waals surface area contributed by atoms with Crippen LogP contribution in [-0.4, -0.2) is 28.2 Å². The first-order chi connectivity index (χ1) is 17.7. The fourth-order valence-corrected chi connectivity index (χ4v) is 6.46. The number of hydrogen-bond acceptors (Lipinski definition) is 3. The van der Waals surface area contributed by atoms with Gasteiger partial charge in [-0.1, -0.05) is 72.6 Å². The molecule has 1 heterocycles. The Labute approximate surface area is 233 Å². The standard InChI is InChI=1S/C32H57O5P/c1-23(2)13-9-14-24(3)15-10-16-25(4)17-11-19-32(8)20-18-29-28(7)30(26(5)27(6)31(29)37-32)36-21-12-22-38(33,34)35/h23-25H,9-22H2,1-8H3,(H2,33,34,35)/t24-,25-,32-/m1/s1. The summed E-state index contributed by atoms with van der Waals surface area (Å²) in [6, 6.07) is 0. The minimum absolute atomic E-state index is 0.132. The van der Waals surface area contributed by atoms with Crippen molar-refractivity contribution in [2.75, 3.05) is 12.8 Å². The lowest BCUT2D eigenvalue weighted by Gasteiger charge is -2.38. The molecule has 0 aromatic heterocycles. The Morgan fingerprint density at radius 3 is 2.03 bits per heavy atom. The fourth-order valence-electron chi connectivity index (χ4n) is 5.92. The molecule has 1 aliphatic rings. The minimum Gasteiger partial charge on any atom is -0.493 e. The average Bonchev–Trinajstić information content (AvgIpc) is 2.81. The van der Waals surface area contributed by atoms with Gasteiger partial charge in [0.2, 0.25) is 0 Å². The van der Waals surface area contributed by atoms with Gasteiger partial charge >= 0.3 is 7.60 Å². The van der Waals surface area contributed by atoms with Crippen LogP contribution < -0.4 is 9.47 Å². The van der Waals surface area contributed by atoms with Crippen molar-refractivity contribution < 1.29 is 23.8 Å². The first kappa shape index (κ1) is 33.2. The van der Waals surface area contributed by atoms with E-state index in [1.54, 1.807) is 0 Å². The highest BCUT2D eigenvalue weighted by Crippen LogP contribution is 2.45. The molecule has 3 atom stereocenters. The zero-order valence-electron chi connectivity index (χ0n) is 25.7. The monoisotopic (exact) mass is 552 g/mol. The number of fused-ring (bicyclic) bond motifs is 1. The number of hydrogen-bond donors (Lipinski definition) is 2. The average molecular weight is 553 g/mol. The zero-order chi connectivity index (χ0) is 28.5. The van der Waals surface area contributed by atoms with Crippen LogP contribution >= 0.6 is 7.60 Å². The van der Waals surface area contributed by atoms with Gasteiger partial charge in [0.05, 0.1) is 12.8 Å². The lowest BCUT2D eigenvalue weighted by atomic mass is 9.83. The Hall–Kier alpha value is -1.03. The van der Waals surface area contributed by atoms with Gasteiger partial charge in [-0.15, -0.1) is 0 Å². The summed E-state index contributed by atoms with van der Waals surface area (Å²) in [5.74, 6) is 4.33.